The Kier molecular flexibility index (Phi) is 5.15. The fourth-order valence-corrected chi connectivity index (χ4v) is 3.71. The molecule has 0 saturated carbocycles. The fourth-order valence-electron chi connectivity index (χ4n) is 2.75. The van der Waals surface area contributed by atoms with Crippen LogP contribution in [0, 0.1) is 6.92 Å². The van der Waals surface area contributed by atoms with Gasteiger partial charge in [-0.05, 0) is 30.3 Å². The van der Waals surface area contributed by atoms with E-state index in [-0.39, 0.29) is 12.5 Å². The van der Waals surface area contributed by atoms with Crippen molar-refractivity contribution in [3.8, 4) is 0 Å². The first-order valence-electron chi connectivity index (χ1n) is 7.83. The van der Waals surface area contributed by atoms with E-state index in [9.17, 15) is 4.79 Å². The minimum Gasteiger partial charge on any atom is -0.395 e. The normalized spacial score (nSPS) is 21.1. The van der Waals surface area contributed by atoms with E-state index < -0.39 is 0 Å². The molecule has 1 aromatic rings. The number of aryl methyl sites for hydroxylation is 1. The SMILES string of the molecule is Cc1cccc(/C=C2\SC(N3CCN(CCO)CC3)=NC2=O)c1. The number of β-amino-alcohol motifs (C(OH)–C–C–N with tert-alkyl or cyclic N) is 1. The van der Waals surface area contributed by atoms with Crippen LogP contribution in [0.1, 0.15) is 11.1 Å². The molecule has 1 N–H and O–H groups in total. The number of amidine groups is 1. The van der Waals surface area contributed by atoms with Crippen LogP contribution in [0.25, 0.3) is 6.08 Å². The third kappa shape index (κ3) is 4.02. The van der Waals surface area contributed by atoms with Gasteiger partial charge < -0.3 is 10.0 Å². The van der Waals surface area contributed by atoms with Gasteiger partial charge in [-0.3, -0.25) is 9.69 Å². The summed E-state index contributed by atoms with van der Waals surface area (Å²) in [4.78, 5) is 21.4. The standard InChI is InChI=1S/C17H21N3O2S/c1-13-3-2-4-14(11-13)12-15-16(22)18-17(23-15)20-7-5-19(6-8-20)9-10-21/h2-4,11-12,21H,5-10H2,1H3/b15-12-. The Bertz CT molecular complexity index is 649. The highest BCUT2D eigenvalue weighted by Gasteiger charge is 2.28. The molecular weight excluding hydrogens is 310 g/mol. The van der Waals surface area contributed by atoms with Crippen LogP contribution < -0.4 is 0 Å². The summed E-state index contributed by atoms with van der Waals surface area (Å²) >= 11 is 1.46. The molecule has 122 valence electrons. The Morgan fingerprint density at radius 2 is 2.09 bits per heavy atom. The Balaban J connectivity index is 1.64. The third-order valence-corrected chi connectivity index (χ3v) is 5.05. The molecule has 2 aliphatic rings. The average molecular weight is 331 g/mol. The molecule has 0 unspecified atom stereocenters. The highest BCUT2D eigenvalue weighted by Crippen LogP contribution is 2.30. The summed E-state index contributed by atoms with van der Waals surface area (Å²) in [6, 6.07) is 8.10. The van der Waals surface area contributed by atoms with E-state index in [1.54, 1.807) is 0 Å². The van der Waals surface area contributed by atoms with Crippen molar-refractivity contribution in [3.63, 3.8) is 0 Å². The van der Waals surface area contributed by atoms with Gasteiger partial charge in [0, 0.05) is 32.7 Å². The molecular formula is C17H21N3O2S. The first-order valence-corrected chi connectivity index (χ1v) is 8.65. The van der Waals surface area contributed by atoms with Gasteiger partial charge in [-0.2, -0.15) is 4.99 Å². The van der Waals surface area contributed by atoms with Crippen molar-refractivity contribution in [1.29, 1.82) is 0 Å². The molecule has 1 fully saturated rings. The molecule has 3 rings (SSSR count). The second-order valence-corrected chi connectivity index (χ2v) is 6.79. The summed E-state index contributed by atoms with van der Waals surface area (Å²) in [7, 11) is 0. The Hall–Kier alpha value is -1.63. The quantitative estimate of drug-likeness (QED) is 0.852. The molecule has 0 aromatic heterocycles. The van der Waals surface area contributed by atoms with Gasteiger partial charge in [-0.15, -0.1) is 0 Å². The fraction of sp³-hybridized carbons (Fsp3) is 0.412. The molecule has 0 aliphatic carbocycles. The third-order valence-electron chi connectivity index (χ3n) is 4.01. The molecule has 2 aliphatic heterocycles. The lowest BCUT2D eigenvalue weighted by atomic mass is 10.1. The van der Waals surface area contributed by atoms with E-state index in [4.69, 9.17) is 5.11 Å². The van der Waals surface area contributed by atoms with Crippen molar-refractivity contribution in [1.82, 2.24) is 9.80 Å². The van der Waals surface area contributed by atoms with Crippen LogP contribution in [0.5, 0.6) is 0 Å². The van der Waals surface area contributed by atoms with Crippen LogP contribution in [0.15, 0.2) is 34.2 Å². The lowest BCUT2D eigenvalue weighted by Gasteiger charge is -2.34. The van der Waals surface area contributed by atoms with Crippen molar-refractivity contribution in [2.24, 2.45) is 4.99 Å². The van der Waals surface area contributed by atoms with E-state index in [1.807, 2.05) is 31.2 Å². The van der Waals surface area contributed by atoms with E-state index in [0.717, 1.165) is 36.9 Å². The van der Waals surface area contributed by atoms with Crippen molar-refractivity contribution in [2.45, 2.75) is 6.92 Å². The molecule has 0 atom stereocenters. The summed E-state index contributed by atoms with van der Waals surface area (Å²) in [6.07, 6.45) is 1.92. The number of aliphatic imine (C=N–C) groups is 1. The molecule has 23 heavy (non-hydrogen) atoms. The van der Waals surface area contributed by atoms with E-state index >= 15 is 0 Å². The summed E-state index contributed by atoms with van der Waals surface area (Å²) in [5.41, 5.74) is 2.21. The van der Waals surface area contributed by atoms with Crippen LogP contribution in [0.2, 0.25) is 0 Å². The predicted molar refractivity (Wildman–Crippen MR) is 94.3 cm³/mol. The zero-order valence-corrected chi connectivity index (χ0v) is 14.1. The maximum absolute atomic E-state index is 12.1. The lowest BCUT2D eigenvalue weighted by Crippen LogP contribution is -2.48. The average Bonchev–Trinajstić information content (AvgIpc) is 2.89. The smallest absolute Gasteiger partial charge is 0.286 e. The highest BCUT2D eigenvalue weighted by molar-refractivity contribution is 8.18. The Morgan fingerprint density at radius 1 is 1.30 bits per heavy atom. The maximum Gasteiger partial charge on any atom is 0.286 e. The molecule has 6 heteroatoms. The molecule has 0 bridgehead atoms. The summed E-state index contributed by atoms with van der Waals surface area (Å²) in [6.45, 7) is 6.42. The maximum atomic E-state index is 12.1. The van der Waals surface area contributed by atoms with Crippen LogP contribution >= 0.6 is 11.8 Å². The minimum atomic E-state index is -0.149. The number of amides is 1. The number of hydrogen-bond donors (Lipinski definition) is 1. The number of hydrogen-bond acceptors (Lipinski definition) is 5. The van der Waals surface area contributed by atoms with Crippen molar-refractivity contribution < 1.29 is 9.90 Å². The van der Waals surface area contributed by atoms with Gasteiger partial charge in [0.2, 0.25) is 0 Å². The number of nitrogens with zero attached hydrogens (tertiary/aromatic N) is 3. The Labute approximate surface area is 140 Å². The molecule has 1 saturated heterocycles. The number of aliphatic hydroxyl groups is 1. The predicted octanol–water partition coefficient (Wildman–Crippen LogP) is 1.58. The van der Waals surface area contributed by atoms with E-state index in [1.165, 1.54) is 17.3 Å². The summed E-state index contributed by atoms with van der Waals surface area (Å²) in [5, 5.41) is 9.79. The molecule has 1 amide bonds. The van der Waals surface area contributed by atoms with Crippen molar-refractivity contribution >= 4 is 28.9 Å². The monoisotopic (exact) mass is 331 g/mol. The van der Waals surface area contributed by atoms with Crippen molar-refractivity contribution in [3.05, 3.63) is 40.3 Å². The van der Waals surface area contributed by atoms with E-state index in [0.29, 0.717) is 11.4 Å². The second-order valence-electron chi connectivity index (χ2n) is 5.78. The molecule has 0 spiro atoms. The van der Waals surface area contributed by atoms with Gasteiger partial charge in [0.15, 0.2) is 5.17 Å². The van der Waals surface area contributed by atoms with Crippen LogP contribution in [-0.4, -0.2) is 65.3 Å². The number of thioether (sulfide) groups is 1. The lowest BCUT2D eigenvalue weighted by molar-refractivity contribution is -0.113. The van der Waals surface area contributed by atoms with Crippen LogP contribution in [-0.2, 0) is 4.79 Å². The molecule has 5 nitrogen and oxygen atoms in total. The second kappa shape index (κ2) is 7.29. The minimum absolute atomic E-state index is 0.149. The number of rotatable bonds is 3. The summed E-state index contributed by atoms with van der Waals surface area (Å²) in [5.74, 6) is -0.149. The van der Waals surface area contributed by atoms with Gasteiger partial charge in [-0.25, -0.2) is 0 Å². The molecule has 0 radical (unpaired) electrons. The van der Waals surface area contributed by atoms with E-state index in [2.05, 4.69) is 20.9 Å². The number of carbonyl (C=O) groups is 1. The largest absolute Gasteiger partial charge is 0.395 e. The van der Waals surface area contributed by atoms with Gasteiger partial charge in [0.1, 0.15) is 0 Å². The Morgan fingerprint density at radius 3 is 2.78 bits per heavy atom. The van der Waals surface area contributed by atoms with Crippen LogP contribution in [0.3, 0.4) is 0 Å². The van der Waals surface area contributed by atoms with Gasteiger partial charge >= 0.3 is 0 Å². The highest BCUT2D eigenvalue weighted by atomic mass is 32.2. The number of benzene rings is 1. The van der Waals surface area contributed by atoms with Gasteiger partial charge in [0.25, 0.3) is 5.91 Å². The number of carbonyl (C=O) groups excluding carboxylic acids is 1. The van der Waals surface area contributed by atoms with Crippen LogP contribution in [0.4, 0.5) is 0 Å². The zero-order chi connectivity index (χ0) is 16.2. The number of aliphatic hydroxyl groups excluding tert-OH is 1. The zero-order valence-electron chi connectivity index (χ0n) is 13.2. The van der Waals surface area contributed by atoms with Gasteiger partial charge in [0.05, 0.1) is 11.5 Å². The van der Waals surface area contributed by atoms with Crippen molar-refractivity contribution in [2.75, 3.05) is 39.3 Å². The van der Waals surface area contributed by atoms with Gasteiger partial charge in [-0.1, -0.05) is 29.8 Å². The molecule has 2 heterocycles. The first-order chi connectivity index (χ1) is 11.2. The first kappa shape index (κ1) is 16.2. The topological polar surface area (TPSA) is 56.1 Å². The summed E-state index contributed by atoms with van der Waals surface area (Å²) < 4.78 is 0. The number of piperazine rings is 1. The molecule has 1 aromatic carbocycles.